The van der Waals surface area contributed by atoms with Gasteiger partial charge in [0.2, 0.25) is 5.91 Å². The number of hydroxylamine groups is 1. The molecule has 2 heterocycles. The number of ether oxygens (including phenoxy) is 1. The molecule has 0 bridgehead atoms. The normalized spacial score (nSPS) is 20.5. The third-order valence-corrected chi connectivity index (χ3v) is 6.86. The molecular weight excluding hydrogens is 480 g/mol. The Morgan fingerprint density at radius 3 is 2.03 bits per heavy atom. The molecular formula is C31H24N2O5. The Labute approximate surface area is 219 Å². The Morgan fingerprint density at radius 1 is 0.737 bits per heavy atom. The maximum absolute atomic E-state index is 13.7. The lowest BCUT2D eigenvalue weighted by molar-refractivity contribution is -0.126. The van der Waals surface area contributed by atoms with E-state index >= 15 is 0 Å². The number of anilines is 2. The number of benzene rings is 4. The van der Waals surface area contributed by atoms with Crippen molar-refractivity contribution in [2.45, 2.75) is 19.1 Å². The molecule has 4 aromatic rings. The Bertz CT molecular complexity index is 1490. The largest absolute Gasteiger partial charge is 0.423 e. The number of amides is 2. The molecule has 0 N–H and O–H groups in total. The minimum Gasteiger partial charge on any atom is -0.423 e. The van der Waals surface area contributed by atoms with Gasteiger partial charge in [-0.3, -0.25) is 14.4 Å². The van der Waals surface area contributed by atoms with Gasteiger partial charge in [0, 0.05) is 0 Å². The Hall–Kier alpha value is -4.75. The average molecular weight is 505 g/mol. The highest BCUT2D eigenvalue weighted by Gasteiger charge is 2.60. The number of aryl methyl sites for hydroxylation is 1. The van der Waals surface area contributed by atoms with Gasteiger partial charge in [-0.2, -0.15) is 0 Å². The first-order valence-corrected chi connectivity index (χ1v) is 12.3. The van der Waals surface area contributed by atoms with Crippen LogP contribution in [-0.2, 0) is 14.4 Å². The second kappa shape index (κ2) is 9.61. The highest BCUT2D eigenvalue weighted by Crippen LogP contribution is 2.47. The van der Waals surface area contributed by atoms with E-state index in [0.29, 0.717) is 17.0 Å². The molecule has 0 aromatic heterocycles. The summed E-state index contributed by atoms with van der Waals surface area (Å²) < 4.78 is 5.53. The summed E-state index contributed by atoms with van der Waals surface area (Å²) in [4.78, 5) is 47.1. The number of imide groups is 1. The van der Waals surface area contributed by atoms with Crippen LogP contribution >= 0.6 is 0 Å². The molecule has 7 nitrogen and oxygen atoms in total. The number of fused-ring (bicyclic) bond motifs is 1. The van der Waals surface area contributed by atoms with E-state index in [9.17, 15) is 14.4 Å². The second-order valence-corrected chi connectivity index (χ2v) is 9.33. The van der Waals surface area contributed by atoms with Gasteiger partial charge in [0.15, 0.2) is 6.10 Å². The van der Waals surface area contributed by atoms with Crippen LogP contribution in [0, 0.1) is 12.8 Å². The zero-order chi connectivity index (χ0) is 26.2. The zero-order valence-corrected chi connectivity index (χ0v) is 20.6. The molecule has 6 rings (SSSR count). The number of nitrogens with zero attached hydrogens (tertiary/aromatic N) is 2. The molecule has 7 heteroatoms. The van der Waals surface area contributed by atoms with Crippen molar-refractivity contribution < 1.29 is 24.0 Å². The zero-order valence-electron chi connectivity index (χ0n) is 20.6. The summed E-state index contributed by atoms with van der Waals surface area (Å²) in [5, 5.41) is 1.64. The Balaban J connectivity index is 1.32. The molecule has 2 amide bonds. The number of carbonyl (C=O) groups excluding carboxylic acids is 3. The van der Waals surface area contributed by atoms with Crippen LogP contribution in [0.25, 0.3) is 0 Å². The fraction of sp³-hybridized carbons (Fsp3) is 0.129. The number of esters is 1. The van der Waals surface area contributed by atoms with Crippen molar-refractivity contribution >= 4 is 29.2 Å². The summed E-state index contributed by atoms with van der Waals surface area (Å²) >= 11 is 0. The van der Waals surface area contributed by atoms with Crippen LogP contribution in [0.3, 0.4) is 0 Å². The first kappa shape index (κ1) is 23.6. The number of para-hydroxylation sites is 1. The van der Waals surface area contributed by atoms with Crippen molar-refractivity contribution in [3.05, 3.63) is 126 Å². The van der Waals surface area contributed by atoms with Crippen LogP contribution in [0.2, 0.25) is 0 Å². The molecule has 4 aromatic carbocycles. The summed E-state index contributed by atoms with van der Waals surface area (Å²) in [5.74, 6) is -1.53. The highest BCUT2D eigenvalue weighted by molar-refractivity contribution is 6.23. The topological polar surface area (TPSA) is 76.2 Å². The highest BCUT2D eigenvalue weighted by atomic mass is 16.7. The van der Waals surface area contributed by atoms with Gasteiger partial charge in [-0.1, -0.05) is 66.2 Å². The second-order valence-electron chi connectivity index (χ2n) is 9.33. The molecule has 2 saturated heterocycles. The van der Waals surface area contributed by atoms with Crippen LogP contribution in [0.15, 0.2) is 109 Å². The van der Waals surface area contributed by atoms with Crippen molar-refractivity contribution in [1.29, 1.82) is 0 Å². The van der Waals surface area contributed by atoms with E-state index in [1.54, 1.807) is 65.7 Å². The lowest BCUT2D eigenvalue weighted by atomic mass is 9.90. The van der Waals surface area contributed by atoms with Crippen LogP contribution < -0.4 is 14.7 Å². The maximum atomic E-state index is 13.7. The van der Waals surface area contributed by atoms with Gasteiger partial charge in [0.05, 0.1) is 23.0 Å². The van der Waals surface area contributed by atoms with Gasteiger partial charge >= 0.3 is 5.97 Å². The molecule has 3 atom stereocenters. The minimum atomic E-state index is -0.954. The number of hydrogen-bond acceptors (Lipinski definition) is 6. The molecule has 2 fully saturated rings. The quantitative estimate of drug-likeness (QED) is 0.210. The maximum Gasteiger partial charge on any atom is 0.343 e. The van der Waals surface area contributed by atoms with E-state index in [1.807, 2.05) is 55.5 Å². The lowest BCUT2D eigenvalue weighted by Crippen LogP contribution is -2.37. The SMILES string of the molecule is Cc1ccc(N2C(=O)[C@@H]3[C@H](ON(c4ccccc4)[C@@H]3c3ccc(OC(=O)c4ccccc4)cc3)C2=O)cc1. The van der Waals surface area contributed by atoms with Crippen LogP contribution in [0.4, 0.5) is 11.4 Å². The number of hydrogen-bond donors (Lipinski definition) is 0. The first-order chi connectivity index (χ1) is 18.5. The summed E-state index contributed by atoms with van der Waals surface area (Å²) in [7, 11) is 0. The van der Waals surface area contributed by atoms with Crippen molar-refractivity contribution in [3.8, 4) is 5.75 Å². The molecule has 0 aliphatic carbocycles. The average Bonchev–Trinajstić information content (AvgIpc) is 3.46. The van der Waals surface area contributed by atoms with E-state index in [-0.39, 0.29) is 11.8 Å². The summed E-state index contributed by atoms with van der Waals surface area (Å²) in [6, 6.07) is 31.8. The van der Waals surface area contributed by atoms with Gasteiger partial charge < -0.3 is 4.74 Å². The standard InChI is InChI=1S/C31H24N2O5/c1-20-12-16-23(17-13-20)32-29(34)26-27(33(38-28(26)30(32)35)24-10-6-3-7-11-24)21-14-18-25(19-15-21)37-31(36)22-8-4-2-5-9-22/h2-19,26-28H,1H3/t26-,27+,28-/m0/s1. The summed E-state index contributed by atoms with van der Waals surface area (Å²) in [5.41, 5.74) is 3.49. The summed E-state index contributed by atoms with van der Waals surface area (Å²) in [6.07, 6.45) is -0.954. The van der Waals surface area contributed by atoms with E-state index in [0.717, 1.165) is 16.8 Å². The first-order valence-electron chi connectivity index (χ1n) is 12.3. The van der Waals surface area contributed by atoms with Gasteiger partial charge in [-0.25, -0.2) is 14.8 Å². The molecule has 0 radical (unpaired) electrons. The minimum absolute atomic E-state index is 0.313. The van der Waals surface area contributed by atoms with E-state index in [2.05, 4.69) is 0 Å². The molecule has 0 saturated carbocycles. The molecule has 0 spiro atoms. The van der Waals surface area contributed by atoms with Crippen LogP contribution in [0.5, 0.6) is 5.75 Å². The molecule has 0 unspecified atom stereocenters. The number of carbonyl (C=O) groups is 3. The molecule has 188 valence electrons. The Morgan fingerprint density at radius 2 is 1.37 bits per heavy atom. The van der Waals surface area contributed by atoms with E-state index in [1.165, 1.54) is 4.90 Å². The van der Waals surface area contributed by atoms with E-state index < -0.39 is 24.0 Å². The van der Waals surface area contributed by atoms with Crippen LogP contribution in [0.1, 0.15) is 27.5 Å². The van der Waals surface area contributed by atoms with Crippen molar-refractivity contribution in [2.24, 2.45) is 5.92 Å². The fourth-order valence-corrected chi connectivity index (χ4v) is 4.97. The van der Waals surface area contributed by atoms with Gasteiger partial charge in [-0.05, 0) is 61.0 Å². The summed E-state index contributed by atoms with van der Waals surface area (Å²) in [6.45, 7) is 1.95. The van der Waals surface area contributed by atoms with Gasteiger partial charge in [0.1, 0.15) is 11.7 Å². The molecule has 2 aliphatic heterocycles. The predicted molar refractivity (Wildman–Crippen MR) is 142 cm³/mol. The van der Waals surface area contributed by atoms with Gasteiger partial charge in [-0.15, -0.1) is 0 Å². The van der Waals surface area contributed by atoms with E-state index in [4.69, 9.17) is 9.57 Å². The number of rotatable bonds is 5. The van der Waals surface area contributed by atoms with Crippen molar-refractivity contribution in [2.75, 3.05) is 9.96 Å². The molecule has 38 heavy (non-hydrogen) atoms. The molecule has 2 aliphatic rings. The smallest absolute Gasteiger partial charge is 0.343 e. The van der Waals surface area contributed by atoms with Crippen molar-refractivity contribution in [3.63, 3.8) is 0 Å². The lowest BCUT2D eigenvalue weighted by Gasteiger charge is -2.28. The van der Waals surface area contributed by atoms with Crippen LogP contribution in [-0.4, -0.2) is 23.9 Å². The third kappa shape index (κ3) is 4.13. The third-order valence-electron chi connectivity index (χ3n) is 6.86. The predicted octanol–water partition coefficient (Wildman–Crippen LogP) is 5.27. The Kier molecular flexibility index (Phi) is 5.98. The van der Waals surface area contributed by atoms with Gasteiger partial charge in [0.25, 0.3) is 5.91 Å². The fourth-order valence-electron chi connectivity index (χ4n) is 4.97. The van der Waals surface area contributed by atoms with Crippen molar-refractivity contribution in [1.82, 2.24) is 0 Å². The monoisotopic (exact) mass is 504 g/mol.